The van der Waals surface area contributed by atoms with Gasteiger partial charge >= 0.3 is 12.1 Å². The molecule has 1 saturated carbocycles. The molecule has 0 aromatic heterocycles. The Hall–Kier alpha value is -1.17. The first-order valence-corrected chi connectivity index (χ1v) is 10.8. The summed E-state index contributed by atoms with van der Waals surface area (Å²) in [5, 5.41) is 2.51. The zero-order chi connectivity index (χ0) is 18.9. The monoisotopic (exact) mass is 376 g/mol. The molecule has 0 heterocycles. The van der Waals surface area contributed by atoms with E-state index in [1.165, 1.54) is 13.3 Å². The Balaban J connectivity index is 2.23. The maximum absolute atomic E-state index is 11.6. The van der Waals surface area contributed by atoms with Gasteiger partial charge in [-0.2, -0.15) is 0 Å². The summed E-state index contributed by atoms with van der Waals surface area (Å²) < 4.78 is 9.83. The van der Waals surface area contributed by atoms with Crippen LogP contribution < -0.4 is 5.32 Å². The Morgan fingerprint density at radius 2 is 1.80 bits per heavy atom. The number of carbonyl (C=O) groups excluding carboxylic acids is 2. The van der Waals surface area contributed by atoms with Gasteiger partial charge in [0, 0.05) is 19.9 Å². The number of alkyl carbamates (subject to hydrolysis) is 1. The first-order valence-electron chi connectivity index (χ1n) is 8.88. The highest BCUT2D eigenvalue weighted by molar-refractivity contribution is 7.67. The Kier molecular flexibility index (Phi) is 9.39. The fraction of sp³-hybridized carbons (Fsp3) is 0.765. The minimum atomic E-state index is -3.05. The normalized spacial score (nSPS) is 16.3. The SMILES string of the molecule is CC(OC(=O)NCCC[P+](O)(O)C=C1CCCCC1)OC(=O)C(C)C. The number of allylic oxidation sites excluding steroid dienone is 1. The molecule has 0 spiro atoms. The van der Waals surface area contributed by atoms with E-state index in [2.05, 4.69) is 5.32 Å². The Morgan fingerprint density at radius 1 is 1.16 bits per heavy atom. The van der Waals surface area contributed by atoms with Crippen molar-refractivity contribution < 1.29 is 28.8 Å². The number of hydrogen-bond donors (Lipinski definition) is 3. The predicted molar refractivity (Wildman–Crippen MR) is 96.9 cm³/mol. The number of nitrogens with one attached hydrogen (secondary N) is 1. The maximum atomic E-state index is 11.6. The highest BCUT2D eigenvalue weighted by Gasteiger charge is 2.30. The van der Waals surface area contributed by atoms with Gasteiger partial charge in [0.1, 0.15) is 12.0 Å². The van der Waals surface area contributed by atoms with Crippen molar-refractivity contribution in [1.82, 2.24) is 5.32 Å². The lowest BCUT2D eigenvalue weighted by molar-refractivity contribution is -0.168. The summed E-state index contributed by atoms with van der Waals surface area (Å²) in [7, 11) is -3.05. The fourth-order valence-corrected chi connectivity index (χ4v) is 4.11. The molecule has 1 fully saturated rings. The summed E-state index contributed by atoms with van der Waals surface area (Å²) in [5.74, 6) is 0.919. The molecule has 1 rings (SSSR count). The molecule has 1 atom stereocenters. The highest BCUT2D eigenvalue weighted by Crippen LogP contribution is 2.53. The summed E-state index contributed by atoms with van der Waals surface area (Å²) >= 11 is 0. The second kappa shape index (κ2) is 10.7. The molecular formula is C17H31NO6P+. The molecule has 1 aliphatic rings. The van der Waals surface area contributed by atoms with Crippen LogP contribution in [0.5, 0.6) is 0 Å². The van der Waals surface area contributed by atoms with Crippen molar-refractivity contribution in [2.45, 2.75) is 65.6 Å². The molecule has 0 aromatic rings. The van der Waals surface area contributed by atoms with Gasteiger partial charge < -0.3 is 14.8 Å². The second-order valence-corrected chi connectivity index (χ2v) is 8.98. The van der Waals surface area contributed by atoms with Crippen molar-refractivity contribution in [1.29, 1.82) is 0 Å². The molecule has 144 valence electrons. The van der Waals surface area contributed by atoms with E-state index in [9.17, 15) is 19.4 Å². The van der Waals surface area contributed by atoms with Gasteiger partial charge in [-0.25, -0.2) is 14.6 Å². The molecule has 1 unspecified atom stereocenters. The van der Waals surface area contributed by atoms with Crippen molar-refractivity contribution in [3.8, 4) is 0 Å². The molecule has 1 amide bonds. The first kappa shape index (κ1) is 21.9. The molecule has 0 saturated heterocycles. The average molecular weight is 376 g/mol. The zero-order valence-corrected chi connectivity index (χ0v) is 16.3. The van der Waals surface area contributed by atoms with Gasteiger partial charge in [0.05, 0.1) is 5.92 Å². The van der Waals surface area contributed by atoms with Crippen LogP contribution in [0.1, 0.15) is 59.3 Å². The van der Waals surface area contributed by atoms with Gasteiger partial charge in [-0.1, -0.05) is 20.3 Å². The van der Waals surface area contributed by atoms with Crippen molar-refractivity contribution >= 4 is 19.8 Å². The van der Waals surface area contributed by atoms with Gasteiger partial charge in [-0.3, -0.25) is 4.79 Å². The molecule has 0 radical (unpaired) electrons. The van der Waals surface area contributed by atoms with Gasteiger partial charge in [-0.15, -0.1) is 0 Å². The molecule has 0 aliphatic heterocycles. The Bertz CT molecular complexity index is 470. The van der Waals surface area contributed by atoms with E-state index in [0.717, 1.165) is 31.3 Å². The van der Waals surface area contributed by atoms with E-state index < -0.39 is 26.1 Å². The van der Waals surface area contributed by atoms with Crippen molar-refractivity contribution in [3.63, 3.8) is 0 Å². The molecule has 3 N–H and O–H groups in total. The minimum Gasteiger partial charge on any atom is -0.425 e. The number of hydrogen-bond acceptors (Lipinski definition) is 6. The van der Waals surface area contributed by atoms with Gasteiger partial charge in [0.25, 0.3) is 7.72 Å². The average Bonchev–Trinajstić information content (AvgIpc) is 2.51. The number of rotatable bonds is 8. The van der Waals surface area contributed by atoms with E-state index in [1.807, 2.05) is 0 Å². The van der Waals surface area contributed by atoms with Crippen LogP contribution in [0.25, 0.3) is 0 Å². The standard InChI is InChI=1S/C17H30NO6P/c1-13(2)16(19)23-14(3)24-17(20)18-10-7-11-25(21,22)12-15-8-5-4-6-9-15/h12-14,21-22H,4-11H2,1-3H3/p+1. The van der Waals surface area contributed by atoms with Crippen LogP contribution in [0.2, 0.25) is 0 Å². The highest BCUT2D eigenvalue weighted by atomic mass is 31.2. The van der Waals surface area contributed by atoms with Crippen molar-refractivity contribution in [3.05, 3.63) is 11.4 Å². The molecule has 1 aliphatic carbocycles. The lowest BCUT2D eigenvalue weighted by atomic mass is 9.96. The number of carbonyl (C=O) groups is 2. The topological polar surface area (TPSA) is 105 Å². The number of amides is 1. The summed E-state index contributed by atoms with van der Waals surface area (Å²) in [4.78, 5) is 43.2. The van der Waals surface area contributed by atoms with Crippen molar-refractivity contribution in [2.75, 3.05) is 12.7 Å². The lowest BCUT2D eigenvalue weighted by Crippen LogP contribution is -2.31. The van der Waals surface area contributed by atoms with Gasteiger partial charge in [0.2, 0.25) is 6.29 Å². The predicted octanol–water partition coefficient (Wildman–Crippen LogP) is 3.33. The third-order valence-corrected chi connectivity index (χ3v) is 5.60. The van der Waals surface area contributed by atoms with E-state index in [1.54, 1.807) is 19.7 Å². The minimum absolute atomic E-state index is 0.231. The van der Waals surface area contributed by atoms with E-state index in [0.29, 0.717) is 6.42 Å². The molecular weight excluding hydrogens is 345 g/mol. The summed E-state index contributed by atoms with van der Waals surface area (Å²) in [6.45, 7) is 5.11. The van der Waals surface area contributed by atoms with Crippen LogP contribution in [-0.2, 0) is 14.3 Å². The van der Waals surface area contributed by atoms with Crippen LogP contribution in [-0.4, -0.2) is 40.8 Å². The molecule has 8 heteroatoms. The van der Waals surface area contributed by atoms with Crippen LogP contribution in [0.15, 0.2) is 11.4 Å². The smallest absolute Gasteiger partial charge is 0.410 e. The summed E-state index contributed by atoms with van der Waals surface area (Å²) in [6, 6.07) is 0. The van der Waals surface area contributed by atoms with E-state index in [4.69, 9.17) is 9.47 Å². The number of ether oxygens (including phenoxy) is 2. The second-order valence-electron chi connectivity index (χ2n) is 6.70. The maximum Gasteiger partial charge on any atom is 0.410 e. The third-order valence-electron chi connectivity index (χ3n) is 3.84. The van der Waals surface area contributed by atoms with E-state index in [-0.39, 0.29) is 18.6 Å². The summed E-state index contributed by atoms with van der Waals surface area (Å²) in [5.41, 5.74) is 1.14. The summed E-state index contributed by atoms with van der Waals surface area (Å²) in [6.07, 6.45) is 4.31. The van der Waals surface area contributed by atoms with E-state index >= 15 is 0 Å². The van der Waals surface area contributed by atoms with Crippen LogP contribution in [0, 0.1) is 5.92 Å². The number of esters is 1. The largest absolute Gasteiger partial charge is 0.425 e. The first-order chi connectivity index (χ1) is 11.7. The lowest BCUT2D eigenvalue weighted by Gasteiger charge is -2.16. The van der Waals surface area contributed by atoms with Crippen molar-refractivity contribution in [2.24, 2.45) is 5.92 Å². The third kappa shape index (κ3) is 9.78. The molecule has 7 nitrogen and oxygen atoms in total. The zero-order valence-electron chi connectivity index (χ0n) is 15.4. The Morgan fingerprint density at radius 3 is 2.40 bits per heavy atom. The van der Waals surface area contributed by atoms with Gasteiger partial charge in [-0.05, 0) is 31.3 Å². The fourth-order valence-electron chi connectivity index (χ4n) is 2.51. The quantitative estimate of drug-likeness (QED) is 0.260. The Labute approximate surface area is 150 Å². The molecule has 25 heavy (non-hydrogen) atoms. The molecule has 0 aromatic carbocycles. The van der Waals surface area contributed by atoms with Crippen LogP contribution >= 0.6 is 7.72 Å². The molecule has 0 bridgehead atoms. The van der Waals surface area contributed by atoms with Gasteiger partial charge in [0.15, 0.2) is 0 Å². The van der Waals surface area contributed by atoms with Crippen LogP contribution in [0.3, 0.4) is 0 Å². The van der Waals surface area contributed by atoms with Crippen LogP contribution in [0.4, 0.5) is 4.79 Å².